The van der Waals surface area contributed by atoms with Crippen LogP contribution in [0.3, 0.4) is 0 Å². The van der Waals surface area contributed by atoms with Gasteiger partial charge in [0.05, 0.1) is 14.2 Å². The van der Waals surface area contributed by atoms with Crippen LogP contribution in [0.15, 0.2) is 42.5 Å². The molecule has 0 spiro atoms. The molecule has 19 heavy (non-hydrogen) atoms. The summed E-state index contributed by atoms with van der Waals surface area (Å²) < 4.78 is 10.5. The van der Waals surface area contributed by atoms with Gasteiger partial charge in [-0.3, -0.25) is 0 Å². The molecule has 0 N–H and O–H groups in total. The van der Waals surface area contributed by atoms with E-state index < -0.39 is 0 Å². The second-order valence-corrected chi connectivity index (χ2v) is 5.01. The van der Waals surface area contributed by atoms with E-state index in [1.165, 1.54) is 16.7 Å². The highest BCUT2D eigenvalue weighted by Crippen LogP contribution is 2.36. The second-order valence-electron chi connectivity index (χ2n) is 5.01. The Hall–Kier alpha value is -1.96. The Balaban J connectivity index is 1.82. The molecule has 1 aliphatic rings. The maximum Gasteiger partial charge on any atom is 0.119 e. The van der Waals surface area contributed by atoms with Crippen LogP contribution in [0.5, 0.6) is 11.5 Å². The van der Waals surface area contributed by atoms with Crippen molar-refractivity contribution in [1.29, 1.82) is 0 Å². The van der Waals surface area contributed by atoms with Crippen molar-refractivity contribution >= 4 is 0 Å². The van der Waals surface area contributed by atoms with Gasteiger partial charge in [-0.1, -0.05) is 18.2 Å². The molecule has 1 aliphatic carbocycles. The van der Waals surface area contributed by atoms with Crippen molar-refractivity contribution in [3.8, 4) is 11.5 Å². The molecule has 98 valence electrons. The summed E-state index contributed by atoms with van der Waals surface area (Å²) in [5.41, 5.74) is 4.25. The van der Waals surface area contributed by atoms with Crippen molar-refractivity contribution in [2.75, 3.05) is 14.2 Å². The molecule has 0 radical (unpaired) electrons. The first-order chi connectivity index (χ1) is 9.30. The quantitative estimate of drug-likeness (QED) is 0.833. The summed E-state index contributed by atoms with van der Waals surface area (Å²) in [5.74, 6) is 2.45. The fraction of sp³-hybridized carbons (Fsp3) is 0.294. The molecule has 1 unspecified atom stereocenters. The van der Waals surface area contributed by atoms with Gasteiger partial charge in [0.1, 0.15) is 11.5 Å². The molecule has 2 heteroatoms. The molecule has 0 fully saturated rings. The zero-order valence-corrected chi connectivity index (χ0v) is 11.3. The molecule has 0 bridgehead atoms. The van der Waals surface area contributed by atoms with Gasteiger partial charge in [-0.05, 0) is 59.7 Å². The fourth-order valence-electron chi connectivity index (χ4n) is 2.83. The van der Waals surface area contributed by atoms with E-state index >= 15 is 0 Å². The predicted octanol–water partition coefficient (Wildman–Crippen LogP) is 3.59. The minimum absolute atomic E-state index is 0.577. The Labute approximate surface area is 114 Å². The van der Waals surface area contributed by atoms with E-state index in [4.69, 9.17) is 9.47 Å². The third-order valence-corrected chi connectivity index (χ3v) is 3.93. The average molecular weight is 254 g/mol. The van der Waals surface area contributed by atoms with Gasteiger partial charge in [0.25, 0.3) is 0 Å². The van der Waals surface area contributed by atoms with E-state index in [1.807, 2.05) is 12.1 Å². The SMILES string of the molecule is COc1ccc(C2Cc3ccc(OC)cc3C2)cc1. The lowest BCUT2D eigenvalue weighted by Gasteiger charge is -2.10. The Morgan fingerprint density at radius 3 is 2.11 bits per heavy atom. The summed E-state index contributed by atoms with van der Waals surface area (Å²) in [5, 5.41) is 0. The summed E-state index contributed by atoms with van der Waals surface area (Å²) in [4.78, 5) is 0. The number of benzene rings is 2. The number of hydrogen-bond acceptors (Lipinski definition) is 2. The molecule has 0 saturated carbocycles. The van der Waals surface area contributed by atoms with Crippen molar-refractivity contribution in [3.63, 3.8) is 0 Å². The van der Waals surface area contributed by atoms with E-state index in [1.54, 1.807) is 14.2 Å². The zero-order chi connectivity index (χ0) is 13.2. The molecule has 0 aliphatic heterocycles. The molecule has 0 amide bonds. The van der Waals surface area contributed by atoms with E-state index in [0.717, 1.165) is 24.3 Å². The van der Waals surface area contributed by atoms with Gasteiger partial charge in [-0.25, -0.2) is 0 Å². The van der Waals surface area contributed by atoms with E-state index in [2.05, 4.69) is 30.3 Å². The van der Waals surface area contributed by atoms with Crippen LogP contribution in [0.2, 0.25) is 0 Å². The van der Waals surface area contributed by atoms with Crippen LogP contribution in [-0.2, 0) is 12.8 Å². The number of fused-ring (bicyclic) bond motifs is 1. The minimum Gasteiger partial charge on any atom is -0.497 e. The van der Waals surface area contributed by atoms with Gasteiger partial charge in [-0.15, -0.1) is 0 Å². The summed E-state index contributed by atoms with van der Waals surface area (Å²) in [6, 6.07) is 14.8. The van der Waals surface area contributed by atoms with Crippen molar-refractivity contribution in [2.24, 2.45) is 0 Å². The Morgan fingerprint density at radius 1 is 0.789 bits per heavy atom. The van der Waals surface area contributed by atoms with Gasteiger partial charge in [0, 0.05) is 0 Å². The van der Waals surface area contributed by atoms with Crippen LogP contribution in [0.1, 0.15) is 22.6 Å². The lowest BCUT2D eigenvalue weighted by Crippen LogP contribution is -1.97. The molecule has 2 nitrogen and oxygen atoms in total. The molecule has 0 saturated heterocycles. The van der Waals surface area contributed by atoms with Gasteiger partial charge >= 0.3 is 0 Å². The predicted molar refractivity (Wildman–Crippen MR) is 76.1 cm³/mol. The second kappa shape index (κ2) is 4.96. The largest absolute Gasteiger partial charge is 0.497 e. The van der Waals surface area contributed by atoms with Crippen LogP contribution in [0.25, 0.3) is 0 Å². The molecule has 2 aromatic rings. The number of rotatable bonds is 3. The Bertz CT molecular complexity index is 572. The monoisotopic (exact) mass is 254 g/mol. The van der Waals surface area contributed by atoms with Crippen LogP contribution >= 0.6 is 0 Å². The molecule has 3 rings (SSSR count). The highest BCUT2D eigenvalue weighted by Gasteiger charge is 2.23. The molecule has 0 heterocycles. The first-order valence-corrected chi connectivity index (χ1v) is 6.60. The van der Waals surface area contributed by atoms with Crippen LogP contribution in [0, 0.1) is 0 Å². The number of methoxy groups -OCH3 is 2. The van der Waals surface area contributed by atoms with E-state index in [0.29, 0.717) is 5.92 Å². The fourth-order valence-corrected chi connectivity index (χ4v) is 2.83. The summed E-state index contributed by atoms with van der Waals surface area (Å²) in [7, 11) is 3.42. The van der Waals surface area contributed by atoms with Crippen molar-refractivity contribution in [3.05, 3.63) is 59.2 Å². The van der Waals surface area contributed by atoms with Crippen LogP contribution < -0.4 is 9.47 Å². The molecule has 1 atom stereocenters. The van der Waals surface area contributed by atoms with Crippen molar-refractivity contribution < 1.29 is 9.47 Å². The third-order valence-electron chi connectivity index (χ3n) is 3.93. The molecular weight excluding hydrogens is 236 g/mol. The van der Waals surface area contributed by atoms with Crippen molar-refractivity contribution in [2.45, 2.75) is 18.8 Å². The van der Waals surface area contributed by atoms with Gasteiger partial charge in [-0.2, -0.15) is 0 Å². The third kappa shape index (κ3) is 2.30. The smallest absolute Gasteiger partial charge is 0.119 e. The first-order valence-electron chi connectivity index (χ1n) is 6.60. The summed E-state index contributed by atoms with van der Waals surface area (Å²) in [6.07, 6.45) is 2.21. The Kier molecular flexibility index (Phi) is 3.16. The van der Waals surface area contributed by atoms with E-state index in [-0.39, 0.29) is 0 Å². The molecule has 0 aromatic heterocycles. The Morgan fingerprint density at radius 2 is 1.42 bits per heavy atom. The van der Waals surface area contributed by atoms with Crippen molar-refractivity contribution in [1.82, 2.24) is 0 Å². The first kappa shape index (κ1) is 12.1. The van der Waals surface area contributed by atoms with E-state index in [9.17, 15) is 0 Å². The maximum absolute atomic E-state index is 5.29. The zero-order valence-electron chi connectivity index (χ0n) is 11.3. The highest BCUT2D eigenvalue weighted by molar-refractivity contribution is 5.43. The minimum atomic E-state index is 0.577. The lowest BCUT2D eigenvalue weighted by molar-refractivity contribution is 0.414. The average Bonchev–Trinajstić information content (AvgIpc) is 2.90. The highest BCUT2D eigenvalue weighted by atomic mass is 16.5. The number of hydrogen-bond donors (Lipinski definition) is 0. The summed E-state index contributed by atoms with van der Waals surface area (Å²) in [6.45, 7) is 0. The standard InChI is InChI=1S/C17H18O2/c1-18-16-6-3-12(4-7-16)14-9-13-5-8-17(19-2)11-15(13)10-14/h3-8,11,14H,9-10H2,1-2H3. The normalized spacial score (nSPS) is 17.1. The van der Waals surface area contributed by atoms with Crippen LogP contribution in [-0.4, -0.2) is 14.2 Å². The van der Waals surface area contributed by atoms with Gasteiger partial charge in [0.15, 0.2) is 0 Å². The topological polar surface area (TPSA) is 18.5 Å². The molecule has 2 aromatic carbocycles. The van der Waals surface area contributed by atoms with Crippen LogP contribution in [0.4, 0.5) is 0 Å². The molecular formula is C17H18O2. The lowest BCUT2D eigenvalue weighted by atomic mass is 9.96. The summed E-state index contributed by atoms with van der Waals surface area (Å²) >= 11 is 0. The number of ether oxygens (including phenoxy) is 2. The van der Waals surface area contributed by atoms with Gasteiger partial charge in [0.2, 0.25) is 0 Å². The van der Waals surface area contributed by atoms with Gasteiger partial charge < -0.3 is 9.47 Å². The maximum atomic E-state index is 5.29.